The number of fused-ring (bicyclic) bond motifs is 2. The lowest BCUT2D eigenvalue weighted by Crippen LogP contribution is -2.47. The van der Waals surface area contributed by atoms with Crippen LogP contribution in [0.5, 0.6) is 0 Å². The SMILES string of the molecule is CC(C)N1C(=O)C2CCC(=O)C1C2O. The molecule has 1 amide bonds. The van der Waals surface area contributed by atoms with E-state index in [2.05, 4.69) is 0 Å². The minimum atomic E-state index is -0.772. The summed E-state index contributed by atoms with van der Waals surface area (Å²) in [5.74, 6) is -0.378. The Morgan fingerprint density at radius 2 is 2.07 bits per heavy atom. The molecule has 2 bridgehead atoms. The summed E-state index contributed by atoms with van der Waals surface area (Å²) in [4.78, 5) is 24.9. The lowest BCUT2D eigenvalue weighted by Gasteiger charge is -2.29. The Hall–Kier alpha value is -0.900. The summed E-state index contributed by atoms with van der Waals surface area (Å²) in [6.07, 6.45) is 0.172. The van der Waals surface area contributed by atoms with E-state index in [9.17, 15) is 14.7 Å². The van der Waals surface area contributed by atoms with E-state index in [-0.39, 0.29) is 23.7 Å². The largest absolute Gasteiger partial charge is 0.390 e. The molecule has 0 aromatic rings. The molecule has 14 heavy (non-hydrogen) atoms. The molecule has 1 aliphatic carbocycles. The van der Waals surface area contributed by atoms with Crippen molar-refractivity contribution in [3.63, 3.8) is 0 Å². The van der Waals surface area contributed by atoms with Gasteiger partial charge in [-0.05, 0) is 20.3 Å². The van der Waals surface area contributed by atoms with Crippen molar-refractivity contribution in [1.82, 2.24) is 4.90 Å². The Morgan fingerprint density at radius 3 is 2.64 bits per heavy atom. The lowest BCUT2D eigenvalue weighted by atomic mass is 9.86. The molecule has 3 atom stereocenters. The zero-order chi connectivity index (χ0) is 10.5. The summed E-state index contributed by atoms with van der Waals surface area (Å²) in [6, 6.07) is -0.574. The first-order chi connectivity index (χ1) is 6.54. The number of ketones is 1. The fraction of sp³-hybridized carbons (Fsp3) is 0.800. The van der Waals surface area contributed by atoms with Crippen molar-refractivity contribution in [2.45, 2.75) is 44.9 Å². The van der Waals surface area contributed by atoms with E-state index in [1.54, 1.807) is 4.90 Å². The molecule has 0 radical (unpaired) electrons. The first kappa shape index (κ1) is 9.65. The molecule has 1 N–H and O–H groups in total. The van der Waals surface area contributed by atoms with Crippen molar-refractivity contribution >= 4 is 11.7 Å². The topological polar surface area (TPSA) is 57.6 Å². The van der Waals surface area contributed by atoms with Crippen molar-refractivity contribution in [1.29, 1.82) is 0 Å². The zero-order valence-corrected chi connectivity index (χ0v) is 8.43. The molecular weight excluding hydrogens is 182 g/mol. The van der Waals surface area contributed by atoms with Crippen molar-refractivity contribution in [2.24, 2.45) is 5.92 Å². The average Bonchev–Trinajstić information content (AvgIpc) is 2.25. The predicted molar refractivity (Wildman–Crippen MR) is 49.5 cm³/mol. The third-order valence-electron chi connectivity index (χ3n) is 3.20. The number of likely N-dealkylation sites (tertiary alicyclic amines) is 1. The first-order valence-electron chi connectivity index (χ1n) is 5.07. The summed E-state index contributed by atoms with van der Waals surface area (Å²) in [5.41, 5.74) is 0. The Balaban J connectivity index is 2.36. The second-order valence-electron chi connectivity index (χ2n) is 4.39. The van der Waals surface area contributed by atoms with E-state index in [1.165, 1.54) is 0 Å². The highest BCUT2D eigenvalue weighted by Gasteiger charge is 2.53. The van der Waals surface area contributed by atoms with Crippen LogP contribution in [0.4, 0.5) is 0 Å². The van der Waals surface area contributed by atoms with Gasteiger partial charge in [-0.2, -0.15) is 0 Å². The third kappa shape index (κ3) is 1.10. The van der Waals surface area contributed by atoms with Crippen molar-refractivity contribution in [2.75, 3.05) is 0 Å². The number of hydrogen-bond acceptors (Lipinski definition) is 3. The quantitative estimate of drug-likeness (QED) is 0.641. The van der Waals surface area contributed by atoms with Crippen LogP contribution in [-0.2, 0) is 9.59 Å². The minimum absolute atomic E-state index is 0.00537. The van der Waals surface area contributed by atoms with Crippen LogP contribution in [0, 0.1) is 5.92 Å². The van der Waals surface area contributed by atoms with Gasteiger partial charge >= 0.3 is 0 Å². The van der Waals surface area contributed by atoms with E-state index in [4.69, 9.17) is 0 Å². The summed E-state index contributed by atoms with van der Waals surface area (Å²) >= 11 is 0. The van der Waals surface area contributed by atoms with Gasteiger partial charge in [0.25, 0.3) is 0 Å². The summed E-state index contributed by atoms with van der Waals surface area (Å²) in [6.45, 7) is 3.75. The van der Waals surface area contributed by atoms with E-state index in [0.29, 0.717) is 12.8 Å². The Kier molecular flexibility index (Phi) is 2.10. The molecule has 2 aliphatic rings. The number of aliphatic hydroxyl groups is 1. The second kappa shape index (κ2) is 3.05. The molecular formula is C10H15NO3. The maximum absolute atomic E-state index is 11.8. The molecule has 0 aromatic heterocycles. The maximum atomic E-state index is 11.8. The highest BCUT2D eigenvalue weighted by atomic mass is 16.3. The van der Waals surface area contributed by atoms with Gasteiger partial charge in [0.15, 0.2) is 5.78 Å². The molecule has 1 saturated heterocycles. The number of amides is 1. The molecule has 0 aromatic carbocycles. The summed E-state index contributed by atoms with van der Waals surface area (Å²) in [5, 5.41) is 9.79. The predicted octanol–water partition coefficient (Wildman–Crippen LogP) is -0.0544. The standard InChI is InChI=1S/C10H15NO3/c1-5(2)11-8-7(12)4-3-6(9(8)13)10(11)14/h5-6,8-9,13H,3-4H2,1-2H3. The van der Waals surface area contributed by atoms with Crippen LogP contribution in [0.15, 0.2) is 0 Å². The second-order valence-corrected chi connectivity index (χ2v) is 4.39. The lowest BCUT2D eigenvalue weighted by molar-refractivity contribution is -0.136. The van der Waals surface area contributed by atoms with Gasteiger partial charge in [0.2, 0.25) is 5.91 Å². The molecule has 2 fully saturated rings. The van der Waals surface area contributed by atoms with E-state index in [1.807, 2.05) is 13.8 Å². The van der Waals surface area contributed by atoms with Gasteiger partial charge in [-0.25, -0.2) is 0 Å². The number of nitrogens with zero attached hydrogens (tertiary/aromatic N) is 1. The highest BCUT2D eigenvalue weighted by Crippen LogP contribution is 2.36. The van der Waals surface area contributed by atoms with Crippen LogP contribution >= 0.6 is 0 Å². The van der Waals surface area contributed by atoms with Gasteiger partial charge in [0.1, 0.15) is 6.04 Å². The average molecular weight is 197 g/mol. The minimum Gasteiger partial charge on any atom is -0.390 e. The van der Waals surface area contributed by atoms with Crippen molar-refractivity contribution in [3.05, 3.63) is 0 Å². The zero-order valence-electron chi connectivity index (χ0n) is 8.43. The summed E-state index contributed by atoms with van der Waals surface area (Å²) < 4.78 is 0. The van der Waals surface area contributed by atoms with E-state index in [0.717, 1.165) is 0 Å². The fourth-order valence-electron chi connectivity index (χ4n) is 2.52. The molecule has 78 valence electrons. The van der Waals surface area contributed by atoms with Gasteiger partial charge in [0.05, 0.1) is 12.0 Å². The van der Waals surface area contributed by atoms with Crippen LogP contribution in [0.1, 0.15) is 26.7 Å². The van der Waals surface area contributed by atoms with Gasteiger partial charge in [-0.3, -0.25) is 9.59 Å². The van der Waals surface area contributed by atoms with Crippen LogP contribution in [0.3, 0.4) is 0 Å². The first-order valence-corrected chi connectivity index (χ1v) is 5.07. The highest BCUT2D eigenvalue weighted by molar-refractivity contribution is 5.97. The number of aliphatic hydroxyl groups excluding tert-OH is 1. The van der Waals surface area contributed by atoms with E-state index < -0.39 is 12.1 Å². The molecule has 1 saturated carbocycles. The van der Waals surface area contributed by atoms with Crippen molar-refractivity contribution < 1.29 is 14.7 Å². The smallest absolute Gasteiger partial charge is 0.229 e. The monoisotopic (exact) mass is 197 g/mol. The Morgan fingerprint density at radius 1 is 1.43 bits per heavy atom. The normalized spacial score (nSPS) is 37.1. The van der Waals surface area contributed by atoms with Crippen LogP contribution in [0.2, 0.25) is 0 Å². The van der Waals surface area contributed by atoms with Gasteiger partial charge in [0, 0.05) is 12.5 Å². The molecule has 3 unspecified atom stereocenters. The number of carbonyl (C=O) groups excluding carboxylic acids is 2. The van der Waals surface area contributed by atoms with Gasteiger partial charge < -0.3 is 10.0 Å². The van der Waals surface area contributed by atoms with Crippen molar-refractivity contribution in [3.8, 4) is 0 Å². The Labute approximate surface area is 82.9 Å². The van der Waals surface area contributed by atoms with Crippen LogP contribution < -0.4 is 0 Å². The van der Waals surface area contributed by atoms with Crippen LogP contribution in [-0.4, -0.2) is 39.9 Å². The molecule has 1 aliphatic heterocycles. The fourth-order valence-corrected chi connectivity index (χ4v) is 2.52. The number of Topliss-reactive ketones (excluding diaryl/α,β-unsaturated/α-hetero) is 1. The summed E-state index contributed by atoms with van der Waals surface area (Å²) in [7, 11) is 0. The molecule has 2 rings (SSSR count). The number of carbonyl (C=O) groups is 2. The van der Waals surface area contributed by atoms with E-state index >= 15 is 0 Å². The molecule has 1 heterocycles. The van der Waals surface area contributed by atoms with Gasteiger partial charge in [-0.15, -0.1) is 0 Å². The molecule has 4 heteroatoms. The molecule has 4 nitrogen and oxygen atoms in total. The van der Waals surface area contributed by atoms with Crippen LogP contribution in [0.25, 0.3) is 0 Å². The molecule has 0 spiro atoms. The van der Waals surface area contributed by atoms with Gasteiger partial charge in [-0.1, -0.05) is 0 Å². The number of rotatable bonds is 1. The Bertz CT molecular complexity index is 287. The number of hydrogen-bond donors (Lipinski definition) is 1. The maximum Gasteiger partial charge on any atom is 0.229 e. The third-order valence-corrected chi connectivity index (χ3v) is 3.20.